The van der Waals surface area contributed by atoms with Crippen LogP contribution in [-0.4, -0.2) is 39.6 Å². The molecule has 0 atom stereocenters. The molecule has 0 bridgehead atoms. The minimum Gasteiger partial charge on any atom is -0.467 e. The molecule has 1 N–H and O–H groups in total. The zero-order valence-electron chi connectivity index (χ0n) is 12.2. The van der Waals surface area contributed by atoms with Gasteiger partial charge in [-0.2, -0.15) is 0 Å². The van der Waals surface area contributed by atoms with Crippen molar-refractivity contribution in [1.82, 2.24) is 5.32 Å². The lowest BCUT2D eigenvalue weighted by Gasteiger charge is -2.04. The molecule has 0 unspecified atom stereocenters. The molecule has 1 aromatic heterocycles. The van der Waals surface area contributed by atoms with Gasteiger partial charge in [0.2, 0.25) is 0 Å². The lowest BCUT2D eigenvalue weighted by atomic mass is 10.3. The molecule has 0 aromatic carbocycles. The monoisotopic (exact) mass is 283 g/mol. The molecule has 0 radical (unpaired) electrons. The van der Waals surface area contributed by atoms with Crippen LogP contribution in [0.1, 0.15) is 30.6 Å². The van der Waals surface area contributed by atoms with Gasteiger partial charge in [-0.1, -0.05) is 0 Å². The molecule has 1 aliphatic carbocycles. The molecule has 5 nitrogen and oxygen atoms in total. The summed E-state index contributed by atoms with van der Waals surface area (Å²) in [6.45, 7) is 4.05. The molecule has 1 aromatic rings. The van der Waals surface area contributed by atoms with Gasteiger partial charge in [0.25, 0.3) is 0 Å². The third kappa shape index (κ3) is 6.52. The predicted molar refractivity (Wildman–Crippen MR) is 75.5 cm³/mol. The molecular weight excluding hydrogens is 258 g/mol. The number of rotatable bonds is 12. The van der Waals surface area contributed by atoms with Gasteiger partial charge in [-0.25, -0.2) is 0 Å². The Hall–Kier alpha value is -0.880. The van der Waals surface area contributed by atoms with E-state index in [9.17, 15) is 0 Å². The molecule has 1 heterocycles. The van der Waals surface area contributed by atoms with Crippen molar-refractivity contribution >= 4 is 0 Å². The van der Waals surface area contributed by atoms with Crippen molar-refractivity contribution in [3.05, 3.63) is 23.7 Å². The third-order valence-corrected chi connectivity index (χ3v) is 3.13. The van der Waals surface area contributed by atoms with E-state index >= 15 is 0 Å². The van der Waals surface area contributed by atoms with Crippen molar-refractivity contribution in [2.75, 3.05) is 33.5 Å². The predicted octanol–water partition coefficient (Wildman–Crippen LogP) is 2.10. The number of nitrogens with one attached hydrogen (secondary N) is 1. The van der Waals surface area contributed by atoms with Crippen LogP contribution >= 0.6 is 0 Å². The van der Waals surface area contributed by atoms with Crippen LogP contribution < -0.4 is 5.32 Å². The van der Waals surface area contributed by atoms with E-state index in [0.717, 1.165) is 38.0 Å². The molecular formula is C15H25NO4. The first-order valence-electron chi connectivity index (χ1n) is 7.32. The van der Waals surface area contributed by atoms with Gasteiger partial charge in [0.15, 0.2) is 0 Å². The van der Waals surface area contributed by atoms with E-state index in [1.807, 2.05) is 0 Å². The van der Waals surface area contributed by atoms with Crippen LogP contribution in [0.15, 0.2) is 16.7 Å². The molecule has 0 aliphatic heterocycles. The first kappa shape index (κ1) is 15.5. The average molecular weight is 283 g/mol. The minimum absolute atomic E-state index is 0.505. The highest BCUT2D eigenvalue weighted by atomic mass is 16.5. The Morgan fingerprint density at radius 2 is 2.05 bits per heavy atom. The highest BCUT2D eigenvalue weighted by Crippen LogP contribution is 2.19. The fraction of sp³-hybridized carbons (Fsp3) is 0.733. The summed E-state index contributed by atoms with van der Waals surface area (Å²) in [6.07, 6.45) is 5.33. The number of methoxy groups -OCH3 is 1. The maximum Gasteiger partial charge on any atom is 0.129 e. The molecule has 0 amide bonds. The normalized spacial score (nSPS) is 14.8. The summed E-state index contributed by atoms with van der Waals surface area (Å²) in [6, 6.07) is 2.77. The fourth-order valence-electron chi connectivity index (χ4n) is 1.84. The number of furan rings is 1. The summed E-state index contributed by atoms with van der Waals surface area (Å²) >= 11 is 0. The van der Waals surface area contributed by atoms with E-state index in [4.69, 9.17) is 18.6 Å². The van der Waals surface area contributed by atoms with E-state index in [1.54, 1.807) is 13.4 Å². The fourth-order valence-corrected chi connectivity index (χ4v) is 1.84. The van der Waals surface area contributed by atoms with E-state index in [2.05, 4.69) is 11.4 Å². The Morgan fingerprint density at radius 1 is 1.20 bits per heavy atom. The van der Waals surface area contributed by atoms with Gasteiger partial charge >= 0.3 is 0 Å². The largest absolute Gasteiger partial charge is 0.467 e. The second-order valence-corrected chi connectivity index (χ2v) is 5.09. The van der Waals surface area contributed by atoms with Crippen LogP contribution in [0.4, 0.5) is 0 Å². The standard InChI is InChI=1S/C15H25NO4/c1-17-5-2-6-18-7-8-19-12-15-9-13(11-20-15)10-16-14-3-4-14/h9,11,14,16H,2-8,10,12H2,1H3. The Balaban J connectivity index is 1.46. The Kier molecular flexibility index (Phi) is 7.08. The quantitative estimate of drug-likeness (QED) is 0.595. The highest BCUT2D eigenvalue weighted by molar-refractivity contribution is 5.12. The zero-order valence-corrected chi connectivity index (χ0v) is 12.2. The second-order valence-electron chi connectivity index (χ2n) is 5.09. The number of hydrogen-bond acceptors (Lipinski definition) is 5. The third-order valence-electron chi connectivity index (χ3n) is 3.13. The highest BCUT2D eigenvalue weighted by Gasteiger charge is 2.20. The van der Waals surface area contributed by atoms with Crippen molar-refractivity contribution in [1.29, 1.82) is 0 Å². The van der Waals surface area contributed by atoms with Crippen molar-refractivity contribution in [3.8, 4) is 0 Å². The number of hydrogen-bond donors (Lipinski definition) is 1. The molecule has 0 spiro atoms. The van der Waals surface area contributed by atoms with E-state index in [1.165, 1.54) is 18.4 Å². The van der Waals surface area contributed by atoms with Gasteiger partial charge in [0.1, 0.15) is 12.4 Å². The van der Waals surface area contributed by atoms with Crippen LogP contribution in [0, 0.1) is 0 Å². The summed E-state index contributed by atoms with van der Waals surface area (Å²) in [7, 11) is 1.70. The van der Waals surface area contributed by atoms with Crippen LogP contribution in [0.25, 0.3) is 0 Å². The molecule has 1 saturated carbocycles. The Morgan fingerprint density at radius 3 is 2.85 bits per heavy atom. The summed E-state index contributed by atoms with van der Waals surface area (Å²) < 4.78 is 21.3. The molecule has 1 aliphatic rings. The van der Waals surface area contributed by atoms with Crippen molar-refractivity contribution in [2.45, 2.75) is 38.5 Å². The molecule has 20 heavy (non-hydrogen) atoms. The Labute approximate surface area is 120 Å². The SMILES string of the molecule is COCCCOCCOCc1cc(CNC2CC2)co1. The lowest BCUT2D eigenvalue weighted by molar-refractivity contribution is 0.0287. The molecule has 0 saturated heterocycles. The summed E-state index contributed by atoms with van der Waals surface area (Å²) in [5.41, 5.74) is 1.19. The van der Waals surface area contributed by atoms with Crippen LogP contribution in [-0.2, 0) is 27.4 Å². The maximum atomic E-state index is 5.51. The minimum atomic E-state index is 0.505. The lowest BCUT2D eigenvalue weighted by Crippen LogP contribution is -2.14. The average Bonchev–Trinajstić information content (AvgIpc) is 3.18. The molecule has 2 rings (SSSR count). The van der Waals surface area contributed by atoms with Crippen LogP contribution in [0.2, 0.25) is 0 Å². The van der Waals surface area contributed by atoms with E-state index in [-0.39, 0.29) is 0 Å². The zero-order chi connectivity index (χ0) is 14.0. The maximum absolute atomic E-state index is 5.51. The van der Waals surface area contributed by atoms with Gasteiger partial charge in [-0.15, -0.1) is 0 Å². The first-order chi connectivity index (χ1) is 9.88. The number of ether oxygens (including phenoxy) is 3. The van der Waals surface area contributed by atoms with Crippen molar-refractivity contribution in [3.63, 3.8) is 0 Å². The Bertz CT molecular complexity index is 363. The van der Waals surface area contributed by atoms with Gasteiger partial charge in [-0.3, -0.25) is 0 Å². The van der Waals surface area contributed by atoms with Gasteiger partial charge < -0.3 is 23.9 Å². The molecule has 114 valence electrons. The summed E-state index contributed by atoms with van der Waals surface area (Å²) in [4.78, 5) is 0. The summed E-state index contributed by atoms with van der Waals surface area (Å²) in [5, 5.41) is 3.46. The van der Waals surface area contributed by atoms with Gasteiger partial charge in [0, 0.05) is 38.5 Å². The van der Waals surface area contributed by atoms with Gasteiger partial charge in [0.05, 0.1) is 19.5 Å². The smallest absolute Gasteiger partial charge is 0.129 e. The van der Waals surface area contributed by atoms with Gasteiger partial charge in [-0.05, 0) is 25.3 Å². The second kappa shape index (κ2) is 9.13. The van der Waals surface area contributed by atoms with Crippen molar-refractivity contribution < 1.29 is 18.6 Å². The first-order valence-corrected chi connectivity index (χ1v) is 7.32. The molecule has 5 heteroatoms. The van der Waals surface area contributed by atoms with E-state index < -0.39 is 0 Å². The van der Waals surface area contributed by atoms with E-state index in [0.29, 0.717) is 19.8 Å². The van der Waals surface area contributed by atoms with Crippen molar-refractivity contribution in [2.24, 2.45) is 0 Å². The summed E-state index contributed by atoms with van der Waals surface area (Å²) in [5.74, 6) is 0.872. The topological polar surface area (TPSA) is 52.9 Å². The van der Waals surface area contributed by atoms with Crippen LogP contribution in [0.3, 0.4) is 0 Å². The molecule has 1 fully saturated rings. The van der Waals surface area contributed by atoms with Crippen LogP contribution in [0.5, 0.6) is 0 Å².